The molecule has 0 aromatic carbocycles. The van der Waals surface area contributed by atoms with E-state index >= 15 is 0 Å². The van der Waals surface area contributed by atoms with Gasteiger partial charge in [-0.25, -0.2) is 0 Å². The van der Waals surface area contributed by atoms with E-state index in [9.17, 15) is 0 Å². The van der Waals surface area contributed by atoms with Crippen molar-refractivity contribution in [3.63, 3.8) is 0 Å². The molecular formula is C16H32N4. The van der Waals surface area contributed by atoms with Gasteiger partial charge in [0.05, 0.1) is 5.69 Å². The van der Waals surface area contributed by atoms with Crippen molar-refractivity contribution in [1.29, 1.82) is 0 Å². The Kier molecular flexibility index (Phi) is 6.69. The van der Waals surface area contributed by atoms with Gasteiger partial charge in [0.25, 0.3) is 0 Å². The fourth-order valence-electron chi connectivity index (χ4n) is 2.81. The number of hydrogen-bond acceptors (Lipinski definition) is 3. The molecule has 0 amide bonds. The Morgan fingerprint density at radius 1 is 1.30 bits per heavy atom. The maximum atomic E-state index is 6.10. The molecule has 0 aliphatic rings. The van der Waals surface area contributed by atoms with Gasteiger partial charge in [-0.15, -0.1) is 0 Å². The highest BCUT2D eigenvalue weighted by molar-refractivity contribution is 5.02. The van der Waals surface area contributed by atoms with Crippen LogP contribution in [0.3, 0.4) is 0 Å². The number of aromatic nitrogens is 2. The van der Waals surface area contributed by atoms with Crippen LogP contribution in [0.5, 0.6) is 0 Å². The first-order chi connectivity index (χ1) is 9.52. The second-order valence-corrected chi connectivity index (χ2v) is 5.94. The Morgan fingerprint density at radius 3 is 2.35 bits per heavy atom. The zero-order valence-corrected chi connectivity index (χ0v) is 13.9. The van der Waals surface area contributed by atoms with Gasteiger partial charge in [0.1, 0.15) is 0 Å². The van der Waals surface area contributed by atoms with Gasteiger partial charge in [-0.05, 0) is 45.7 Å². The van der Waals surface area contributed by atoms with Crippen LogP contribution in [0.2, 0.25) is 0 Å². The number of nitrogens with two attached hydrogens (primary N) is 1. The van der Waals surface area contributed by atoms with Gasteiger partial charge in [0.15, 0.2) is 0 Å². The third kappa shape index (κ3) is 3.83. The van der Waals surface area contributed by atoms with E-state index in [2.05, 4.69) is 56.9 Å². The van der Waals surface area contributed by atoms with E-state index < -0.39 is 0 Å². The SMILES string of the molecule is CCCN(Cc1ccn(C(C)C)n1)C(CC)(CC)CN. The monoisotopic (exact) mass is 280 g/mol. The highest BCUT2D eigenvalue weighted by Crippen LogP contribution is 2.25. The van der Waals surface area contributed by atoms with Gasteiger partial charge in [-0.3, -0.25) is 9.58 Å². The molecule has 0 spiro atoms. The molecule has 0 saturated carbocycles. The van der Waals surface area contributed by atoms with Crippen molar-refractivity contribution < 1.29 is 0 Å². The maximum Gasteiger partial charge on any atom is 0.0765 e. The second kappa shape index (κ2) is 7.79. The molecular weight excluding hydrogens is 248 g/mol. The summed E-state index contributed by atoms with van der Waals surface area (Å²) in [6.45, 7) is 13.7. The zero-order valence-electron chi connectivity index (χ0n) is 13.9. The minimum absolute atomic E-state index is 0.109. The molecule has 1 aromatic rings. The molecule has 1 aromatic heterocycles. The molecule has 116 valence electrons. The van der Waals surface area contributed by atoms with Gasteiger partial charge >= 0.3 is 0 Å². The van der Waals surface area contributed by atoms with E-state index in [0.29, 0.717) is 12.6 Å². The molecule has 0 fully saturated rings. The molecule has 4 nitrogen and oxygen atoms in total. The summed E-state index contributed by atoms with van der Waals surface area (Å²) >= 11 is 0. The Morgan fingerprint density at radius 2 is 1.95 bits per heavy atom. The van der Waals surface area contributed by atoms with Gasteiger partial charge in [0, 0.05) is 30.9 Å². The second-order valence-electron chi connectivity index (χ2n) is 5.94. The van der Waals surface area contributed by atoms with Crippen molar-refractivity contribution in [1.82, 2.24) is 14.7 Å². The molecule has 20 heavy (non-hydrogen) atoms. The molecule has 0 bridgehead atoms. The van der Waals surface area contributed by atoms with Crippen molar-refractivity contribution in [2.75, 3.05) is 13.1 Å². The van der Waals surface area contributed by atoms with Crippen molar-refractivity contribution in [3.05, 3.63) is 18.0 Å². The summed E-state index contributed by atoms with van der Waals surface area (Å²) in [5.41, 5.74) is 7.35. The van der Waals surface area contributed by atoms with E-state index in [0.717, 1.165) is 38.0 Å². The lowest BCUT2D eigenvalue weighted by molar-refractivity contribution is 0.0750. The molecule has 0 aliphatic carbocycles. The molecule has 0 radical (unpaired) electrons. The molecule has 2 N–H and O–H groups in total. The number of nitrogens with zero attached hydrogens (tertiary/aromatic N) is 3. The standard InChI is InChI=1S/C16H32N4/c1-6-10-19(16(7-2,8-3)13-17)12-15-9-11-20(18-15)14(4)5/h9,11,14H,6-8,10,12-13,17H2,1-5H3. The predicted octanol–water partition coefficient (Wildman–Crippen LogP) is 3.19. The Hall–Kier alpha value is -0.870. The molecule has 0 atom stereocenters. The number of rotatable bonds is 9. The average Bonchev–Trinajstić information content (AvgIpc) is 2.90. The topological polar surface area (TPSA) is 47.1 Å². The van der Waals surface area contributed by atoms with Crippen LogP contribution < -0.4 is 5.73 Å². The quantitative estimate of drug-likeness (QED) is 0.755. The Balaban J connectivity index is 2.90. The summed E-state index contributed by atoms with van der Waals surface area (Å²) in [5, 5.41) is 4.68. The van der Waals surface area contributed by atoms with Crippen LogP contribution in [0.1, 0.15) is 65.6 Å². The first-order valence-corrected chi connectivity index (χ1v) is 8.02. The van der Waals surface area contributed by atoms with Crippen molar-refractivity contribution >= 4 is 0 Å². The van der Waals surface area contributed by atoms with Crippen molar-refractivity contribution in [3.8, 4) is 0 Å². The normalized spacial score (nSPS) is 12.6. The molecule has 0 aliphatic heterocycles. The summed E-state index contributed by atoms with van der Waals surface area (Å²) < 4.78 is 2.03. The van der Waals surface area contributed by atoms with Gasteiger partial charge in [-0.1, -0.05) is 20.8 Å². The highest BCUT2D eigenvalue weighted by Gasteiger charge is 2.31. The summed E-state index contributed by atoms with van der Waals surface area (Å²) in [5.74, 6) is 0. The van der Waals surface area contributed by atoms with E-state index in [1.165, 1.54) is 0 Å². The van der Waals surface area contributed by atoms with Crippen LogP contribution in [0.25, 0.3) is 0 Å². The molecule has 1 rings (SSSR count). The Bertz CT molecular complexity index is 371. The smallest absolute Gasteiger partial charge is 0.0765 e. The molecule has 4 heteroatoms. The fourth-order valence-corrected chi connectivity index (χ4v) is 2.81. The first kappa shape index (κ1) is 17.2. The third-order valence-electron chi connectivity index (χ3n) is 4.41. The van der Waals surface area contributed by atoms with Crippen LogP contribution in [-0.4, -0.2) is 33.3 Å². The highest BCUT2D eigenvalue weighted by atomic mass is 15.3. The zero-order chi connectivity index (χ0) is 15.2. The molecule has 1 heterocycles. The summed E-state index contributed by atoms with van der Waals surface area (Å²) in [6, 6.07) is 2.55. The minimum atomic E-state index is 0.109. The van der Waals surface area contributed by atoms with Crippen LogP contribution in [0.15, 0.2) is 12.3 Å². The van der Waals surface area contributed by atoms with Gasteiger partial charge < -0.3 is 5.73 Å². The van der Waals surface area contributed by atoms with Crippen molar-refractivity contribution in [2.24, 2.45) is 5.73 Å². The summed E-state index contributed by atoms with van der Waals surface area (Å²) in [6.07, 6.45) is 5.40. The summed E-state index contributed by atoms with van der Waals surface area (Å²) in [7, 11) is 0. The van der Waals surface area contributed by atoms with E-state index in [-0.39, 0.29) is 5.54 Å². The minimum Gasteiger partial charge on any atom is -0.329 e. The van der Waals surface area contributed by atoms with Crippen LogP contribution in [0.4, 0.5) is 0 Å². The van der Waals surface area contributed by atoms with Gasteiger partial charge in [-0.2, -0.15) is 5.10 Å². The maximum absolute atomic E-state index is 6.10. The largest absolute Gasteiger partial charge is 0.329 e. The fraction of sp³-hybridized carbons (Fsp3) is 0.812. The van der Waals surface area contributed by atoms with Crippen LogP contribution in [0, 0.1) is 0 Å². The Labute approximate surface area is 124 Å². The average molecular weight is 280 g/mol. The molecule has 0 unspecified atom stereocenters. The third-order valence-corrected chi connectivity index (χ3v) is 4.41. The van der Waals surface area contributed by atoms with E-state index in [1.54, 1.807) is 0 Å². The van der Waals surface area contributed by atoms with Gasteiger partial charge in [0.2, 0.25) is 0 Å². The number of hydrogen-bond donors (Lipinski definition) is 1. The molecule has 0 saturated heterocycles. The lowest BCUT2D eigenvalue weighted by Crippen LogP contribution is -2.53. The van der Waals surface area contributed by atoms with E-state index in [4.69, 9.17) is 5.73 Å². The first-order valence-electron chi connectivity index (χ1n) is 8.02. The predicted molar refractivity (Wildman–Crippen MR) is 85.7 cm³/mol. The summed E-state index contributed by atoms with van der Waals surface area (Å²) in [4.78, 5) is 2.53. The van der Waals surface area contributed by atoms with Crippen LogP contribution >= 0.6 is 0 Å². The van der Waals surface area contributed by atoms with Crippen molar-refractivity contribution in [2.45, 2.75) is 72.0 Å². The lowest BCUT2D eigenvalue weighted by Gasteiger charge is -2.42. The lowest BCUT2D eigenvalue weighted by atomic mass is 9.90. The van der Waals surface area contributed by atoms with Crippen LogP contribution in [-0.2, 0) is 6.54 Å². The van der Waals surface area contributed by atoms with E-state index in [1.807, 2.05) is 4.68 Å².